The van der Waals surface area contributed by atoms with Crippen LogP contribution in [0.2, 0.25) is 0 Å². The number of hydrogen-bond donors (Lipinski definition) is 0. The Hall–Kier alpha value is -3.67. The van der Waals surface area contributed by atoms with Crippen molar-refractivity contribution in [1.82, 2.24) is 0 Å². The second-order valence-electron chi connectivity index (χ2n) is 22.7. The summed E-state index contributed by atoms with van der Waals surface area (Å²) in [5, 5.41) is 0. The van der Waals surface area contributed by atoms with Crippen LogP contribution >= 0.6 is 0 Å². The minimum atomic E-state index is -0.791. The summed E-state index contributed by atoms with van der Waals surface area (Å²) in [4.78, 5) is 38.4. The van der Waals surface area contributed by atoms with Crippen molar-refractivity contribution in [2.24, 2.45) is 0 Å². The first-order valence-electron chi connectivity index (χ1n) is 34.2. The number of esters is 3. The molecule has 460 valence electrons. The largest absolute Gasteiger partial charge is 0.462 e. The van der Waals surface area contributed by atoms with Crippen molar-refractivity contribution in [3.05, 3.63) is 97.2 Å². The highest BCUT2D eigenvalue weighted by molar-refractivity contribution is 5.71. The molecule has 0 aromatic carbocycles. The second kappa shape index (κ2) is 67.8. The molecule has 0 bridgehead atoms. The lowest BCUT2D eigenvalue weighted by Crippen LogP contribution is -2.30. The van der Waals surface area contributed by atoms with Gasteiger partial charge in [-0.05, 0) is 122 Å². The summed E-state index contributed by atoms with van der Waals surface area (Å²) < 4.78 is 16.9. The predicted octanol–water partition coefficient (Wildman–Crippen LogP) is 23.6. The lowest BCUT2D eigenvalue weighted by atomic mass is 10.0. The molecule has 0 amide bonds. The van der Waals surface area contributed by atoms with E-state index in [-0.39, 0.29) is 31.1 Å². The Morgan fingerprint density at radius 2 is 0.487 bits per heavy atom. The number of carbonyl (C=O) groups excluding carboxylic acids is 3. The molecule has 0 saturated heterocycles. The monoisotopic (exact) mass is 1110 g/mol. The third-order valence-electron chi connectivity index (χ3n) is 14.8. The van der Waals surface area contributed by atoms with Gasteiger partial charge in [0.1, 0.15) is 13.2 Å². The van der Waals surface area contributed by atoms with E-state index in [1.165, 1.54) is 180 Å². The summed E-state index contributed by atoms with van der Waals surface area (Å²) >= 11 is 0. The standard InChI is InChI=1S/C74H128O6/c1-4-7-10-13-16-19-22-25-28-31-32-33-34-35-36-37-38-39-40-41-42-44-46-49-52-55-58-61-64-67-73(76)79-70-71(69-78-72(75)66-63-60-57-54-51-48-45-30-27-24-21-18-15-12-9-6-3)80-74(77)68-65-62-59-56-53-50-47-43-29-26-23-20-17-14-11-8-5-2/h8,11,17,20-22,24-26,29-32,34-35,45,71H,4-7,9-10,12-16,18-19,23,27-28,33,36-44,46-70H2,1-3H3/b11-8-,20-17-,24-21-,25-22-,29-26-,32-31-,35-34-,45-30-. The van der Waals surface area contributed by atoms with Gasteiger partial charge >= 0.3 is 17.9 Å². The molecule has 0 saturated carbocycles. The van der Waals surface area contributed by atoms with Crippen LogP contribution in [-0.2, 0) is 28.6 Å². The normalized spacial score (nSPS) is 12.7. The van der Waals surface area contributed by atoms with Crippen molar-refractivity contribution < 1.29 is 28.6 Å². The smallest absolute Gasteiger partial charge is 0.306 e. The van der Waals surface area contributed by atoms with Crippen LogP contribution in [0.15, 0.2) is 97.2 Å². The van der Waals surface area contributed by atoms with Crippen LogP contribution in [0.3, 0.4) is 0 Å². The summed E-state index contributed by atoms with van der Waals surface area (Å²) in [5.74, 6) is -0.897. The lowest BCUT2D eigenvalue weighted by Gasteiger charge is -2.18. The number of unbranched alkanes of at least 4 members (excludes halogenated alkanes) is 35. The molecule has 6 heteroatoms. The molecule has 0 spiro atoms. The third-order valence-corrected chi connectivity index (χ3v) is 14.8. The fourth-order valence-electron chi connectivity index (χ4n) is 9.67. The van der Waals surface area contributed by atoms with E-state index in [1.807, 2.05) is 0 Å². The van der Waals surface area contributed by atoms with Crippen LogP contribution in [0.25, 0.3) is 0 Å². The first-order valence-corrected chi connectivity index (χ1v) is 34.2. The minimum absolute atomic E-state index is 0.0853. The predicted molar refractivity (Wildman–Crippen MR) is 348 cm³/mol. The Morgan fingerprint density at radius 1 is 0.263 bits per heavy atom. The number of allylic oxidation sites excluding steroid dienone is 16. The molecule has 6 nitrogen and oxygen atoms in total. The molecule has 0 heterocycles. The maximum Gasteiger partial charge on any atom is 0.306 e. The van der Waals surface area contributed by atoms with E-state index in [4.69, 9.17) is 14.2 Å². The van der Waals surface area contributed by atoms with Crippen LogP contribution in [0, 0.1) is 0 Å². The summed E-state index contributed by atoms with van der Waals surface area (Å²) in [5.41, 5.74) is 0. The van der Waals surface area contributed by atoms with E-state index in [2.05, 4.69) is 118 Å². The highest BCUT2D eigenvalue weighted by Crippen LogP contribution is 2.17. The van der Waals surface area contributed by atoms with Gasteiger partial charge in [-0.25, -0.2) is 0 Å². The first-order chi connectivity index (χ1) is 39.5. The Labute approximate surface area is 496 Å². The zero-order valence-electron chi connectivity index (χ0n) is 52.8. The second-order valence-corrected chi connectivity index (χ2v) is 22.7. The van der Waals surface area contributed by atoms with Crippen molar-refractivity contribution in [1.29, 1.82) is 0 Å². The van der Waals surface area contributed by atoms with Crippen LogP contribution in [0.4, 0.5) is 0 Å². The molecular weight excluding hydrogens is 985 g/mol. The molecule has 0 aliphatic carbocycles. The van der Waals surface area contributed by atoms with Crippen LogP contribution < -0.4 is 0 Å². The number of rotatable bonds is 62. The van der Waals surface area contributed by atoms with Gasteiger partial charge in [-0.3, -0.25) is 14.4 Å². The van der Waals surface area contributed by atoms with Crippen LogP contribution in [0.5, 0.6) is 0 Å². The summed E-state index contributed by atoms with van der Waals surface area (Å²) in [6.45, 7) is 6.51. The highest BCUT2D eigenvalue weighted by Gasteiger charge is 2.19. The average molecular weight is 1110 g/mol. The summed E-state index contributed by atoms with van der Waals surface area (Å²) in [7, 11) is 0. The van der Waals surface area contributed by atoms with E-state index >= 15 is 0 Å². The zero-order chi connectivity index (χ0) is 57.8. The van der Waals surface area contributed by atoms with Gasteiger partial charge in [0.2, 0.25) is 0 Å². The molecule has 0 N–H and O–H groups in total. The maximum absolute atomic E-state index is 12.9. The van der Waals surface area contributed by atoms with Crippen LogP contribution in [0.1, 0.15) is 335 Å². The molecule has 0 aromatic heterocycles. The molecule has 80 heavy (non-hydrogen) atoms. The van der Waals surface area contributed by atoms with Gasteiger partial charge in [-0.15, -0.1) is 0 Å². The van der Waals surface area contributed by atoms with Gasteiger partial charge in [-0.1, -0.05) is 291 Å². The SMILES string of the molecule is CC/C=C\C/C=C\C/C=C\CCCCCCCCCC(=O)OC(COC(=O)CCCCCCC/C=C\C/C=C\CCCCCC)COC(=O)CCCCCCCCCCCCCCCC/C=C\C/C=C\C/C=C\CCCCCCC. The number of carbonyl (C=O) groups is 3. The van der Waals surface area contributed by atoms with Gasteiger partial charge < -0.3 is 14.2 Å². The molecule has 0 fully saturated rings. The topological polar surface area (TPSA) is 78.9 Å². The fraction of sp³-hybridized carbons (Fsp3) is 0.743. The molecule has 0 aliphatic rings. The quantitative estimate of drug-likeness (QED) is 0.0261. The van der Waals surface area contributed by atoms with Gasteiger partial charge in [0.15, 0.2) is 6.10 Å². The molecule has 1 unspecified atom stereocenters. The Balaban J connectivity index is 4.29. The van der Waals surface area contributed by atoms with Crippen molar-refractivity contribution in [2.75, 3.05) is 13.2 Å². The molecule has 0 radical (unpaired) electrons. The van der Waals surface area contributed by atoms with Crippen molar-refractivity contribution in [3.63, 3.8) is 0 Å². The minimum Gasteiger partial charge on any atom is -0.462 e. The molecule has 1 atom stereocenters. The van der Waals surface area contributed by atoms with E-state index < -0.39 is 6.10 Å². The third kappa shape index (κ3) is 65.1. The van der Waals surface area contributed by atoms with Gasteiger partial charge in [0.05, 0.1) is 0 Å². The van der Waals surface area contributed by atoms with E-state index in [0.29, 0.717) is 19.3 Å². The van der Waals surface area contributed by atoms with Crippen molar-refractivity contribution in [2.45, 2.75) is 341 Å². The average Bonchev–Trinajstić information content (AvgIpc) is 3.46. The van der Waals surface area contributed by atoms with E-state index in [1.54, 1.807) is 0 Å². The van der Waals surface area contributed by atoms with Gasteiger partial charge in [0, 0.05) is 19.3 Å². The maximum atomic E-state index is 12.9. The van der Waals surface area contributed by atoms with Crippen LogP contribution in [-0.4, -0.2) is 37.2 Å². The van der Waals surface area contributed by atoms with Crippen molar-refractivity contribution in [3.8, 4) is 0 Å². The van der Waals surface area contributed by atoms with Gasteiger partial charge in [0.25, 0.3) is 0 Å². The summed E-state index contributed by atoms with van der Waals surface area (Å²) in [6, 6.07) is 0. The van der Waals surface area contributed by atoms with E-state index in [0.717, 1.165) is 116 Å². The zero-order valence-corrected chi connectivity index (χ0v) is 52.8. The number of ether oxygens (including phenoxy) is 3. The van der Waals surface area contributed by atoms with Gasteiger partial charge in [-0.2, -0.15) is 0 Å². The Morgan fingerprint density at radius 3 is 0.775 bits per heavy atom. The van der Waals surface area contributed by atoms with Crippen molar-refractivity contribution >= 4 is 17.9 Å². The summed E-state index contributed by atoms with van der Waals surface area (Å²) in [6.07, 6.45) is 91.4. The Bertz CT molecular complexity index is 1560. The molecule has 0 rings (SSSR count). The molecular formula is C74H128O6. The van der Waals surface area contributed by atoms with E-state index in [9.17, 15) is 14.4 Å². The molecule has 0 aliphatic heterocycles. The lowest BCUT2D eigenvalue weighted by molar-refractivity contribution is -0.167. The Kier molecular flexibility index (Phi) is 64.7. The fourth-order valence-corrected chi connectivity index (χ4v) is 9.67. The highest BCUT2D eigenvalue weighted by atomic mass is 16.6. The first kappa shape index (κ1) is 76.3. The molecule has 0 aromatic rings. The number of hydrogen-bond acceptors (Lipinski definition) is 6.